The number of benzene rings is 2. The van der Waals surface area contributed by atoms with Gasteiger partial charge in [0.15, 0.2) is 0 Å². The molecule has 5 heteroatoms. The molecule has 0 unspecified atom stereocenters. The largest absolute Gasteiger partial charge is 0.508 e. The second-order valence-corrected chi connectivity index (χ2v) is 6.45. The molecule has 2 N–H and O–H groups in total. The molecular formula is C20H23FN2O2. The zero-order valence-electron chi connectivity index (χ0n) is 14.1. The minimum Gasteiger partial charge on any atom is -0.508 e. The zero-order chi connectivity index (χ0) is 17.6. The predicted octanol–water partition coefficient (Wildman–Crippen LogP) is 3.57. The number of anilines is 1. The van der Waals surface area contributed by atoms with Gasteiger partial charge in [0.05, 0.1) is 5.69 Å². The van der Waals surface area contributed by atoms with Gasteiger partial charge in [-0.1, -0.05) is 24.3 Å². The van der Waals surface area contributed by atoms with Gasteiger partial charge in [0.2, 0.25) is 5.91 Å². The number of aryl methyl sites for hydroxylation is 1. The summed E-state index contributed by atoms with van der Waals surface area (Å²) in [6.07, 6.45) is 2.78. The summed E-state index contributed by atoms with van der Waals surface area (Å²) in [4.78, 5) is 14.2. The van der Waals surface area contributed by atoms with Crippen molar-refractivity contribution in [3.63, 3.8) is 0 Å². The summed E-state index contributed by atoms with van der Waals surface area (Å²) < 4.78 is 13.7. The lowest BCUT2D eigenvalue weighted by Crippen LogP contribution is -2.42. The summed E-state index contributed by atoms with van der Waals surface area (Å²) in [7, 11) is 0. The Morgan fingerprint density at radius 3 is 2.48 bits per heavy atom. The van der Waals surface area contributed by atoms with Crippen LogP contribution in [0.3, 0.4) is 0 Å². The quantitative estimate of drug-likeness (QED) is 0.873. The fraction of sp³-hybridized carbons (Fsp3) is 0.350. The van der Waals surface area contributed by atoms with Crippen molar-refractivity contribution in [1.29, 1.82) is 0 Å². The minimum atomic E-state index is -0.241. The van der Waals surface area contributed by atoms with Crippen LogP contribution >= 0.6 is 0 Å². The Morgan fingerprint density at radius 2 is 1.80 bits per heavy atom. The molecule has 132 valence electrons. The van der Waals surface area contributed by atoms with Crippen LogP contribution < -0.4 is 5.32 Å². The molecule has 0 bridgehead atoms. The molecule has 1 heterocycles. The van der Waals surface area contributed by atoms with E-state index in [9.17, 15) is 14.3 Å². The van der Waals surface area contributed by atoms with E-state index in [0.29, 0.717) is 31.6 Å². The van der Waals surface area contributed by atoms with Crippen molar-refractivity contribution in [2.45, 2.75) is 31.7 Å². The molecule has 0 aliphatic carbocycles. The van der Waals surface area contributed by atoms with Gasteiger partial charge in [0, 0.05) is 25.6 Å². The Kier molecular flexibility index (Phi) is 5.53. The van der Waals surface area contributed by atoms with Gasteiger partial charge >= 0.3 is 0 Å². The first-order valence-electron chi connectivity index (χ1n) is 8.68. The molecule has 0 saturated carbocycles. The lowest BCUT2D eigenvalue weighted by Gasteiger charge is -2.33. The smallest absolute Gasteiger partial charge is 0.222 e. The molecule has 4 nitrogen and oxygen atoms in total. The zero-order valence-corrected chi connectivity index (χ0v) is 14.1. The van der Waals surface area contributed by atoms with Crippen molar-refractivity contribution in [3.05, 3.63) is 59.9 Å². The molecule has 25 heavy (non-hydrogen) atoms. The standard InChI is InChI=1S/C20H23FN2O2/c21-18-3-1-2-4-19(18)22-16-11-13-23(14-12-16)20(25)10-7-15-5-8-17(24)9-6-15/h1-6,8-9,16,22,24H,7,10-14H2. The first-order chi connectivity index (χ1) is 12.1. The number of amides is 1. The molecule has 0 spiro atoms. The number of likely N-dealkylation sites (tertiary alicyclic amines) is 1. The van der Waals surface area contributed by atoms with Crippen LogP contribution in [-0.2, 0) is 11.2 Å². The molecule has 2 aromatic rings. The number of carbonyl (C=O) groups is 1. The van der Waals surface area contributed by atoms with Gasteiger partial charge in [0.1, 0.15) is 11.6 Å². The number of phenols is 1. The Bertz CT molecular complexity index is 710. The second-order valence-electron chi connectivity index (χ2n) is 6.45. The maximum atomic E-state index is 13.7. The van der Waals surface area contributed by atoms with Crippen LogP contribution in [0.4, 0.5) is 10.1 Å². The van der Waals surface area contributed by atoms with E-state index in [2.05, 4.69) is 5.32 Å². The van der Waals surface area contributed by atoms with Crippen LogP contribution in [-0.4, -0.2) is 35.0 Å². The highest BCUT2D eigenvalue weighted by molar-refractivity contribution is 5.76. The SMILES string of the molecule is O=C(CCc1ccc(O)cc1)N1CCC(Nc2ccccc2F)CC1. The summed E-state index contributed by atoms with van der Waals surface area (Å²) in [6.45, 7) is 1.39. The first-order valence-corrected chi connectivity index (χ1v) is 8.68. The fourth-order valence-corrected chi connectivity index (χ4v) is 3.14. The summed E-state index contributed by atoms with van der Waals surface area (Å²) in [6, 6.07) is 13.8. The molecular weight excluding hydrogens is 319 g/mol. The van der Waals surface area contributed by atoms with E-state index >= 15 is 0 Å². The third-order valence-electron chi connectivity index (χ3n) is 4.65. The number of rotatable bonds is 5. The topological polar surface area (TPSA) is 52.6 Å². The van der Waals surface area contributed by atoms with Gasteiger partial charge in [0.25, 0.3) is 0 Å². The van der Waals surface area contributed by atoms with E-state index in [4.69, 9.17) is 0 Å². The van der Waals surface area contributed by atoms with Gasteiger partial charge in [-0.05, 0) is 49.1 Å². The number of piperidine rings is 1. The average Bonchev–Trinajstić information content (AvgIpc) is 2.63. The van der Waals surface area contributed by atoms with Crippen molar-refractivity contribution in [2.75, 3.05) is 18.4 Å². The van der Waals surface area contributed by atoms with Crippen molar-refractivity contribution in [2.24, 2.45) is 0 Å². The molecule has 0 radical (unpaired) electrons. The van der Waals surface area contributed by atoms with E-state index in [1.165, 1.54) is 6.07 Å². The summed E-state index contributed by atoms with van der Waals surface area (Å²) in [5.74, 6) is 0.145. The summed E-state index contributed by atoms with van der Waals surface area (Å²) in [5, 5.41) is 12.5. The van der Waals surface area contributed by atoms with Crippen molar-refractivity contribution >= 4 is 11.6 Å². The fourth-order valence-electron chi connectivity index (χ4n) is 3.14. The highest BCUT2D eigenvalue weighted by Crippen LogP contribution is 2.20. The van der Waals surface area contributed by atoms with E-state index in [0.717, 1.165) is 18.4 Å². The number of nitrogens with zero attached hydrogens (tertiary/aromatic N) is 1. The summed E-state index contributed by atoms with van der Waals surface area (Å²) in [5.41, 5.74) is 1.57. The van der Waals surface area contributed by atoms with E-state index in [1.807, 2.05) is 23.1 Å². The number of phenolic OH excluding ortho intramolecular Hbond substituents is 1. The van der Waals surface area contributed by atoms with Crippen LogP contribution in [0.15, 0.2) is 48.5 Å². The number of hydrogen-bond donors (Lipinski definition) is 2. The number of hydrogen-bond acceptors (Lipinski definition) is 3. The maximum absolute atomic E-state index is 13.7. The van der Waals surface area contributed by atoms with Gasteiger partial charge < -0.3 is 15.3 Å². The van der Waals surface area contributed by atoms with Crippen molar-refractivity contribution in [1.82, 2.24) is 4.90 Å². The molecule has 1 fully saturated rings. The molecule has 3 rings (SSSR count). The minimum absolute atomic E-state index is 0.150. The third-order valence-corrected chi connectivity index (χ3v) is 4.65. The Labute approximate surface area is 147 Å². The lowest BCUT2D eigenvalue weighted by atomic mass is 10.0. The monoisotopic (exact) mass is 342 g/mol. The number of halogens is 1. The van der Waals surface area contributed by atoms with Crippen LogP contribution in [0.2, 0.25) is 0 Å². The summed E-state index contributed by atoms with van der Waals surface area (Å²) >= 11 is 0. The van der Waals surface area contributed by atoms with E-state index in [-0.39, 0.29) is 23.5 Å². The van der Waals surface area contributed by atoms with Crippen molar-refractivity contribution < 1.29 is 14.3 Å². The molecule has 1 aliphatic heterocycles. The normalized spacial score (nSPS) is 15.2. The highest BCUT2D eigenvalue weighted by atomic mass is 19.1. The number of aromatic hydroxyl groups is 1. The van der Waals surface area contributed by atoms with Gasteiger partial charge in [-0.2, -0.15) is 0 Å². The molecule has 1 aliphatic rings. The second kappa shape index (κ2) is 8.01. The Hall–Kier alpha value is -2.56. The molecule has 0 aromatic heterocycles. The van der Waals surface area contributed by atoms with Gasteiger partial charge in [-0.15, -0.1) is 0 Å². The molecule has 1 saturated heterocycles. The van der Waals surface area contributed by atoms with Crippen LogP contribution in [0.5, 0.6) is 5.75 Å². The number of nitrogens with one attached hydrogen (secondary N) is 1. The van der Waals surface area contributed by atoms with Crippen LogP contribution in [0, 0.1) is 5.82 Å². The Balaban J connectivity index is 1.44. The highest BCUT2D eigenvalue weighted by Gasteiger charge is 2.22. The lowest BCUT2D eigenvalue weighted by molar-refractivity contribution is -0.132. The van der Waals surface area contributed by atoms with E-state index in [1.54, 1.807) is 24.3 Å². The average molecular weight is 342 g/mol. The van der Waals surface area contributed by atoms with Gasteiger partial charge in [-0.3, -0.25) is 4.79 Å². The van der Waals surface area contributed by atoms with Crippen LogP contribution in [0.1, 0.15) is 24.8 Å². The Morgan fingerprint density at radius 1 is 1.12 bits per heavy atom. The van der Waals surface area contributed by atoms with E-state index < -0.39 is 0 Å². The number of para-hydroxylation sites is 1. The van der Waals surface area contributed by atoms with Crippen molar-refractivity contribution in [3.8, 4) is 5.75 Å². The third kappa shape index (κ3) is 4.72. The molecule has 2 aromatic carbocycles. The molecule has 1 amide bonds. The first kappa shape index (κ1) is 17.3. The molecule has 0 atom stereocenters. The van der Waals surface area contributed by atoms with Crippen LogP contribution in [0.25, 0.3) is 0 Å². The maximum Gasteiger partial charge on any atom is 0.222 e. The number of carbonyl (C=O) groups excluding carboxylic acids is 1. The van der Waals surface area contributed by atoms with Gasteiger partial charge in [-0.25, -0.2) is 4.39 Å². The predicted molar refractivity (Wildman–Crippen MR) is 96.1 cm³/mol.